The zero-order valence-electron chi connectivity index (χ0n) is 17.4. The van der Waals surface area contributed by atoms with Crippen LogP contribution in [0.1, 0.15) is 10.4 Å². The van der Waals surface area contributed by atoms with Crippen LogP contribution in [-0.4, -0.2) is 65.2 Å². The van der Waals surface area contributed by atoms with Gasteiger partial charge in [-0.1, -0.05) is 0 Å². The quantitative estimate of drug-likeness (QED) is 0.732. The highest BCUT2D eigenvalue weighted by Gasteiger charge is 2.67. The molecular formula is C22H20F3N5O2S. The minimum absolute atomic E-state index is 0.227. The van der Waals surface area contributed by atoms with E-state index in [9.17, 15) is 22.8 Å². The first kappa shape index (κ1) is 21.8. The van der Waals surface area contributed by atoms with Crippen LogP contribution in [0.25, 0.3) is 10.9 Å². The van der Waals surface area contributed by atoms with Gasteiger partial charge in [-0.25, -0.2) is 0 Å². The summed E-state index contributed by atoms with van der Waals surface area (Å²) in [5.74, 6) is -1.75. The van der Waals surface area contributed by atoms with Crippen LogP contribution in [0, 0.1) is 29.1 Å². The first-order chi connectivity index (χ1) is 15.8. The van der Waals surface area contributed by atoms with Crippen molar-refractivity contribution in [1.29, 1.82) is 5.26 Å². The van der Waals surface area contributed by atoms with Crippen molar-refractivity contribution in [3.05, 3.63) is 36.0 Å². The Hall–Kier alpha value is -3.00. The van der Waals surface area contributed by atoms with Crippen LogP contribution in [0.5, 0.6) is 0 Å². The van der Waals surface area contributed by atoms with Crippen molar-refractivity contribution in [2.24, 2.45) is 17.8 Å². The summed E-state index contributed by atoms with van der Waals surface area (Å²) >= 11 is 1.49. The van der Waals surface area contributed by atoms with Crippen LogP contribution in [0.15, 0.2) is 30.5 Å². The van der Waals surface area contributed by atoms with E-state index in [1.165, 1.54) is 22.9 Å². The monoisotopic (exact) mass is 475 g/mol. The molecule has 172 valence electrons. The molecule has 1 aromatic carbocycles. The molecule has 33 heavy (non-hydrogen) atoms. The van der Waals surface area contributed by atoms with Gasteiger partial charge in [-0.05, 0) is 36.1 Å². The Balaban J connectivity index is 1.30. The maximum absolute atomic E-state index is 13.0. The number of rotatable bonds is 4. The predicted molar refractivity (Wildman–Crippen MR) is 116 cm³/mol. The lowest BCUT2D eigenvalue weighted by Gasteiger charge is -2.23. The van der Waals surface area contributed by atoms with Crippen LogP contribution in [0.3, 0.4) is 0 Å². The minimum Gasteiger partial charge on any atom is -0.371 e. The highest BCUT2D eigenvalue weighted by Crippen LogP contribution is 2.59. The lowest BCUT2D eigenvalue weighted by molar-refractivity contribution is -0.154. The minimum atomic E-state index is -4.14. The van der Waals surface area contributed by atoms with Crippen molar-refractivity contribution >= 4 is 40.2 Å². The Morgan fingerprint density at radius 1 is 1.24 bits per heavy atom. The molecule has 7 nitrogen and oxygen atoms in total. The summed E-state index contributed by atoms with van der Waals surface area (Å²) in [6.07, 6.45) is -2.64. The predicted octanol–water partition coefficient (Wildman–Crippen LogP) is 2.63. The average molecular weight is 475 g/mol. The molecule has 1 saturated carbocycles. The van der Waals surface area contributed by atoms with Crippen molar-refractivity contribution < 1.29 is 22.8 Å². The molecular weight excluding hydrogens is 455 g/mol. The van der Waals surface area contributed by atoms with Crippen LogP contribution in [0.4, 0.5) is 18.9 Å². The standard InChI is InChI=1S/C22H20F3N5O2S/c23-22(24,25)20-16-8-29(9-17(16)20)12-1-2-18-15(5-12)14(3-4-27-18)21(32)28-7-19(31)30-11-33-10-13(30)6-26/h1-5,13,16-17,20H,7-11H2,(H,28,32)/t13-,16?,17?,20?/m1/s1. The Kier molecular flexibility index (Phi) is 5.35. The van der Waals surface area contributed by atoms with Gasteiger partial charge < -0.3 is 15.1 Å². The topological polar surface area (TPSA) is 89.3 Å². The van der Waals surface area contributed by atoms with Gasteiger partial charge in [0.1, 0.15) is 6.04 Å². The summed E-state index contributed by atoms with van der Waals surface area (Å²) in [7, 11) is 0. The lowest BCUT2D eigenvalue weighted by Crippen LogP contribution is -2.42. The number of alkyl halides is 3. The molecule has 5 rings (SSSR count). The first-order valence-corrected chi connectivity index (χ1v) is 11.7. The second kappa shape index (κ2) is 8.09. The number of halogens is 3. The van der Waals surface area contributed by atoms with E-state index in [1.807, 2.05) is 4.90 Å². The molecule has 1 aliphatic carbocycles. The number of carbonyl (C=O) groups excluding carboxylic acids is 2. The van der Waals surface area contributed by atoms with Gasteiger partial charge >= 0.3 is 6.18 Å². The van der Waals surface area contributed by atoms with E-state index in [0.717, 1.165) is 5.69 Å². The van der Waals surface area contributed by atoms with Gasteiger partial charge in [-0.15, -0.1) is 11.8 Å². The number of carbonyl (C=O) groups is 2. The summed E-state index contributed by atoms with van der Waals surface area (Å²) in [6, 6.07) is 8.47. The van der Waals surface area contributed by atoms with Crippen LogP contribution >= 0.6 is 11.8 Å². The summed E-state index contributed by atoms with van der Waals surface area (Å²) in [4.78, 5) is 32.9. The van der Waals surface area contributed by atoms with Gasteiger partial charge in [0.2, 0.25) is 5.91 Å². The van der Waals surface area contributed by atoms with Crippen LogP contribution in [0.2, 0.25) is 0 Å². The highest BCUT2D eigenvalue weighted by atomic mass is 32.2. The molecule has 11 heteroatoms. The fraction of sp³-hybridized carbons (Fsp3) is 0.455. The number of hydrogen-bond acceptors (Lipinski definition) is 6. The number of piperidine rings is 1. The van der Waals surface area contributed by atoms with Crippen molar-refractivity contribution in [1.82, 2.24) is 15.2 Å². The van der Waals surface area contributed by atoms with Gasteiger partial charge in [0, 0.05) is 36.1 Å². The average Bonchev–Trinajstić information content (AvgIpc) is 3.14. The number of fused-ring (bicyclic) bond motifs is 2. The first-order valence-electron chi connectivity index (χ1n) is 10.5. The van der Waals surface area contributed by atoms with Crippen LogP contribution in [-0.2, 0) is 4.79 Å². The van der Waals surface area contributed by atoms with Crippen molar-refractivity contribution in [2.45, 2.75) is 12.2 Å². The fourth-order valence-corrected chi connectivity index (χ4v) is 6.00. The summed E-state index contributed by atoms with van der Waals surface area (Å²) < 4.78 is 39.0. The SMILES string of the molecule is N#C[C@@H]1CSCN1C(=O)CNC(=O)c1ccnc2ccc(N3CC4C(C3)C4C(F)(F)F)cc12. The third-order valence-electron chi connectivity index (χ3n) is 6.66. The van der Waals surface area contributed by atoms with Gasteiger partial charge in [0.05, 0.1) is 35.5 Å². The normalized spacial score (nSPS) is 26.2. The number of anilines is 1. The summed E-state index contributed by atoms with van der Waals surface area (Å²) in [5, 5.41) is 12.3. The van der Waals surface area contributed by atoms with E-state index in [1.54, 1.807) is 24.3 Å². The van der Waals surface area contributed by atoms with Gasteiger partial charge in [0.25, 0.3) is 5.91 Å². The number of pyridine rings is 1. The molecule has 3 fully saturated rings. The van der Waals surface area contributed by atoms with E-state index in [2.05, 4.69) is 16.4 Å². The second-order valence-electron chi connectivity index (χ2n) is 8.55. The molecule has 1 aromatic heterocycles. The van der Waals surface area contributed by atoms with Gasteiger partial charge in [-0.2, -0.15) is 18.4 Å². The summed E-state index contributed by atoms with van der Waals surface area (Å²) in [6.45, 7) is 0.449. The molecule has 0 bridgehead atoms. The molecule has 3 aliphatic rings. The zero-order chi connectivity index (χ0) is 23.3. The Morgan fingerprint density at radius 2 is 2.00 bits per heavy atom. The number of nitrogens with one attached hydrogen (secondary N) is 1. The number of aromatic nitrogens is 1. The van der Waals surface area contributed by atoms with E-state index < -0.39 is 24.0 Å². The van der Waals surface area contributed by atoms with Crippen molar-refractivity contribution in [3.8, 4) is 6.07 Å². The van der Waals surface area contributed by atoms with E-state index in [-0.39, 0.29) is 24.3 Å². The van der Waals surface area contributed by atoms with Gasteiger partial charge in [0.15, 0.2) is 0 Å². The number of nitriles is 1. The van der Waals surface area contributed by atoms with Gasteiger partial charge in [-0.3, -0.25) is 14.6 Å². The largest absolute Gasteiger partial charge is 0.392 e. The molecule has 2 unspecified atom stereocenters. The Bertz CT molecular complexity index is 1150. The highest BCUT2D eigenvalue weighted by molar-refractivity contribution is 7.99. The Morgan fingerprint density at radius 3 is 2.70 bits per heavy atom. The van der Waals surface area contributed by atoms with E-state index >= 15 is 0 Å². The molecule has 2 amide bonds. The van der Waals surface area contributed by atoms with Crippen LogP contribution < -0.4 is 10.2 Å². The number of thioether (sulfide) groups is 1. The fourth-order valence-electron chi connectivity index (χ4n) is 4.90. The molecule has 2 aliphatic heterocycles. The lowest BCUT2D eigenvalue weighted by atomic mass is 10.1. The van der Waals surface area contributed by atoms with Crippen molar-refractivity contribution in [3.63, 3.8) is 0 Å². The second-order valence-corrected chi connectivity index (χ2v) is 9.55. The smallest absolute Gasteiger partial charge is 0.371 e. The summed E-state index contributed by atoms with van der Waals surface area (Å²) in [5.41, 5.74) is 1.66. The number of nitrogens with zero attached hydrogens (tertiary/aromatic N) is 4. The molecule has 1 N–H and O–H groups in total. The molecule has 0 radical (unpaired) electrons. The molecule has 2 saturated heterocycles. The molecule has 3 atom stereocenters. The van der Waals surface area contributed by atoms with E-state index in [0.29, 0.717) is 41.2 Å². The third kappa shape index (κ3) is 3.97. The number of benzene rings is 1. The number of amides is 2. The maximum Gasteiger partial charge on any atom is 0.392 e. The maximum atomic E-state index is 13.0. The zero-order valence-corrected chi connectivity index (χ0v) is 18.2. The molecule has 0 spiro atoms. The van der Waals surface area contributed by atoms with Crippen molar-refractivity contribution in [2.75, 3.05) is 36.2 Å². The molecule has 2 aromatic rings. The number of hydrogen-bond donors (Lipinski definition) is 1. The van der Waals surface area contributed by atoms with E-state index in [4.69, 9.17) is 5.26 Å². The Labute approximate surface area is 191 Å². The molecule has 3 heterocycles. The third-order valence-corrected chi connectivity index (χ3v) is 7.67.